The fourth-order valence-corrected chi connectivity index (χ4v) is 5.87. The van der Waals surface area contributed by atoms with Crippen molar-refractivity contribution in [3.05, 3.63) is 108 Å². The second-order valence-electron chi connectivity index (χ2n) is 8.23. The highest BCUT2D eigenvalue weighted by molar-refractivity contribution is 14.1. The topological polar surface area (TPSA) is 62.1 Å². The smallest absolute Gasteiger partial charge is 0.266 e. The van der Waals surface area contributed by atoms with Crippen LogP contribution in [0.1, 0.15) is 22.3 Å². The molecular weight excluding hydrogens is 662 g/mol. The van der Waals surface area contributed by atoms with E-state index in [2.05, 4.69) is 80.8 Å². The van der Waals surface area contributed by atoms with Gasteiger partial charge >= 0.3 is 0 Å². The first kappa shape index (κ1) is 25.2. The van der Waals surface area contributed by atoms with Gasteiger partial charge in [0.15, 0.2) is 0 Å². The number of ether oxygens (including phenoxy) is 1. The summed E-state index contributed by atoms with van der Waals surface area (Å²) in [5, 5.41) is 14.8. The van der Waals surface area contributed by atoms with Crippen molar-refractivity contribution in [3.63, 3.8) is 0 Å². The molecule has 0 saturated carbocycles. The number of amides is 1. The quantitative estimate of drug-likeness (QED) is 0.128. The zero-order valence-corrected chi connectivity index (χ0v) is 23.5. The van der Waals surface area contributed by atoms with E-state index in [0.717, 1.165) is 35.1 Å². The lowest BCUT2D eigenvalue weighted by Crippen LogP contribution is -2.14. The van der Waals surface area contributed by atoms with Crippen LogP contribution >= 0.6 is 45.2 Å². The molecule has 4 aromatic carbocycles. The minimum absolute atomic E-state index is 0.0430. The lowest BCUT2D eigenvalue weighted by molar-refractivity contribution is -0.112. The average Bonchev–Trinajstić information content (AvgIpc) is 2.83. The van der Waals surface area contributed by atoms with Crippen molar-refractivity contribution in [2.75, 3.05) is 5.32 Å². The summed E-state index contributed by atoms with van der Waals surface area (Å²) in [6.45, 7) is 4.38. The number of rotatable bonds is 6. The van der Waals surface area contributed by atoms with Crippen LogP contribution in [-0.2, 0) is 11.4 Å². The number of aryl methyl sites for hydroxylation is 2. The summed E-state index contributed by atoms with van der Waals surface area (Å²) < 4.78 is 7.98. The van der Waals surface area contributed by atoms with Gasteiger partial charge in [-0.25, -0.2) is 0 Å². The van der Waals surface area contributed by atoms with E-state index in [1.165, 1.54) is 10.8 Å². The van der Waals surface area contributed by atoms with Crippen LogP contribution in [0, 0.1) is 32.3 Å². The fraction of sp³-hybridized carbons (Fsp3) is 0.103. The molecule has 0 aliphatic carbocycles. The summed E-state index contributed by atoms with van der Waals surface area (Å²) in [6.07, 6.45) is 1.61. The molecule has 0 saturated heterocycles. The lowest BCUT2D eigenvalue weighted by atomic mass is 10.1. The van der Waals surface area contributed by atoms with Gasteiger partial charge in [0.2, 0.25) is 0 Å². The van der Waals surface area contributed by atoms with Crippen LogP contribution in [0.5, 0.6) is 5.75 Å². The number of halogens is 2. The molecule has 0 aliphatic heterocycles. The third-order valence-electron chi connectivity index (χ3n) is 5.52. The van der Waals surface area contributed by atoms with E-state index in [9.17, 15) is 10.1 Å². The van der Waals surface area contributed by atoms with Crippen LogP contribution < -0.4 is 10.1 Å². The molecule has 4 nitrogen and oxygen atoms in total. The van der Waals surface area contributed by atoms with E-state index in [-0.39, 0.29) is 5.57 Å². The predicted molar refractivity (Wildman–Crippen MR) is 158 cm³/mol. The first-order chi connectivity index (χ1) is 16.8. The van der Waals surface area contributed by atoms with Crippen LogP contribution in [0.15, 0.2) is 78.4 Å². The molecule has 0 spiro atoms. The third-order valence-corrected chi connectivity index (χ3v) is 7.13. The van der Waals surface area contributed by atoms with Crippen molar-refractivity contribution in [1.82, 2.24) is 0 Å². The Labute approximate surface area is 232 Å². The molecule has 0 radical (unpaired) electrons. The Balaban J connectivity index is 1.51. The minimum atomic E-state index is -0.430. The SMILES string of the molecule is Cc1ccc(NC(=O)/C(C#N)=C/c2cc(I)c(OCc3ccc4ccccc4c3)c(I)c2)c(C)c1. The second kappa shape index (κ2) is 11.2. The molecule has 0 heterocycles. The normalized spacial score (nSPS) is 11.2. The van der Waals surface area contributed by atoms with Crippen molar-refractivity contribution < 1.29 is 9.53 Å². The molecule has 174 valence electrons. The Morgan fingerprint density at radius 2 is 1.69 bits per heavy atom. The van der Waals surface area contributed by atoms with Crippen LogP contribution in [0.3, 0.4) is 0 Å². The zero-order chi connectivity index (χ0) is 24.9. The molecule has 1 N–H and O–H groups in total. The second-order valence-corrected chi connectivity index (χ2v) is 10.6. The first-order valence-electron chi connectivity index (χ1n) is 10.9. The van der Waals surface area contributed by atoms with Gasteiger partial charge in [-0.1, -0.05) is 54.1 Å². The molecule has 6 heteroatoms. The van der Waals surface area contributed by atoms with E-state index in [1.54, 1.807) is 6.08 Å². The van der Waals surface area contributed by atoms with Crippen molar-refractivity contribution in [2.24, 2.45) is 0 Å². The maximum atomic E-state index is 12.7. The monoisotopic (exact) mass is 684 g/mol. The minimum Gasteiger partial charge on any atom is -0.487 e. The Kier molecular flexibility index (Phi) is 8.08. The summed E-state index contributed by atoms with van der Waals surface area (Å²) >= 11 is 4.46. The lowest BCUT2D eigenvalue weighted by Gasteiger charge is -2.12. The summed E-state index contributed by atoms with van der Waals surface area (Å²) in [5.41, 5.74) is 4.67. The number of carbonyl (C=O) groups is 1. The highest BCUT2D eigenvalue weighted by atomic mass is 127. The van der Waals surface area contributed by atoms with Gasteiger partial charge in [0.25, 0.3) is 5.91 Å². The van der Waals surface area contributed by atoms with Crippen molar-refractivity contribution in [1.29, 1.82) is 5.26 Å². The van der Waals surface area contributed by atoms with Gasteiger partial charge in [0.05, 0.1) is 7.14 Å². The molecule has 0 fully saturated rings. The fourth-order valence-electron chi connectivity index (χ4n) is 3.74. The Bertz CT molecular complexity index is 1480. The largest absolute Gasteiger partial charge is 0.487 e. The van der Waals surface area contributed by atoms with Gasteiger partial charge in [-0.3, -0.25) is 4.79 Å². The van der Waals surface area contributed by atoms with Crippen LogP contribution in [0.25, 0.3) is 16.8 Å². The molecule has 4 rings (SSSR count). The summed E-state index contributed by atoms with van der Waals surface area (Å²) in [7, 11) is 0. The number of carbonyl (C=O) groups excluding carboxylic acids is 1. The molecule has 35 heavy (non-hydrogen) atoms. The van der Waals surface area contributed by atoms with Gasteiger partial charge in [0, 0.05) is 5.69 Å². The summed E-state index contributed by atoms with van der Waals surface area (Å²) in [4.78, 5) is 12.7. The molecule has 0 unspecified atom stereocenters. The van der Waals surface area contributed by atoms with Crippen molar-refractivity contribution in [3.8, 4) is 11.8 Å². The van der Waals surface area contributed by atoms with Crippen LogP contribution in [0.2, 0.25) is 0 Å². The number of fused-ring (bicyclic) bond motifs is 1. The molecule has 0 bridgehead atoms. The molecule has 0 aliphatic rings. The first-order valence-corrected chi connectivity index (χ1v) is 13.1. The van der Waals surface area contributed by atoms with Gasteiger partial charge in [-0.15, -0.1) is 0 Å². The maximum Gasteiger partial charge on any atom is 0.266 e. The summed E-state index contributed by atoms with van der Waals surface area (Å²) in [6, 6.07) is 26.2. The number of hydrogen-bond donors (Lipinski definition) is 1. The van der Waals surface area contributed by atoms with E-state index in [0.29, 0.717) is 12.3 Å². The van der Waals surface area contributed by atoms with Crippen LogP contribution in [-0.4, -0.2) is 5.91 Å². The summed E-state index contributed by atoms with van der Waals surface area (Å²) in [5.74, 6) is 0.357. The van der Waals surface area contributed by atoms with Crippen molar-refractivity contribution in [2.45, 2.75) is 20.5 Å². The van der Waals surface area contributed by atoms with E-state index in [1.807, 2.05) is 62.4 Å². The zero-order valence-electron chi connectivity index (χ0n) is 19.2. The molecule has 4 aromatic rings. The van der Waals surface area contributed by atoms with E-state index in [4.69, 9.17) is 4.74 Å². The van der Waals surface area contributed by atoms with Crippen molar-refractivity contribution >= 4 is 73.6 Å². The number of benzene rings is 4. The number of nitriles is 1. The van der Waals surface area contributed by atoms with E-state index >= 15 is 0 Å². The predicted octanol–water partition coefficient (Wildman–Crippen LogP) is 7.79. The van der Waals surface area contributed by atoms with Gasteiger partial charge < -0.3 is 10.1 Å². The Morgan fingerprint density at radius 3 is 2.37 bits per heavy atom. The number of nitrogens with zero attached hydrogens (tertiary/aromatic N) is 1. The molecule has 0 aromatic heterocycles. The highest BCUT2D eigenvalue weighted by Crippen LogP contribution is 2.31. The molecular formula is C29H22I2N2O2. The van der Waals surface area contributed by atoms with E-state index < -0.39 is 5.91 Å². The number of nitrogens with one attached hydrogen (secondary N) is 1. The van der Waals surface area contributed by atoms with Crippen LogP contribution in [0.4, 0.5) is 5.69 Å². The Morgan fingerprint density at radius 1 is 0.971 bits per heavy atom. The molecule has 1 amide bonds. The van der Waals surface area contributed by atoms with Gasteiger partial charge in [-0.2, -0.15) is 5.26 Å². The number of hydrogen-bond acceptors (Lipinski definition) is 3. The Hall–Kier alpha value is -2.90. The third kappa shape index (κ3) is 6.21. The van der Waals surface area contributed by atoms with Gasteiger partial charge in [0.1, 0.15) is 24.0 Å². The average molecular weight is 684 g/mol. The standard InChI is InChI=1S/C29H22I2N2O2/c1-18-7-10-27(19(2)11-18)33-29(34)24(16-32)13-21-14-25(30)28(26(31)15-21)35-17-20-8-9-22-5-3-4-6-23(22)12-20/h3-15H,17H2,1-2H3,(H,33,34)/b24-13+. The maximum absolute atomic E-state index is 12.7. The molecule has 0 atom stereocenters. The van der Waals surface area contributed by atoms with Gasteiger partial charge in [-0.05, 0) is 117 Å². The highest BCUT2D eigenvalue weighted by Gasteiger charge is 2.14. The number of anilines is 1.